The van der Waals surface area contributed by atoms with Gasteiger partial charge in [-0.1, -0.05) is 12.1 Å². The molecule has 3 nitrogen and oxygen atoms in total. The molecular formula is C16H18N2O. The molecule has 0 radical (unpaired) electrons. The van der Waals surface area contributed by atoms with E-state index in [1.54, 1.807) is 0 Å². The van der Waals surface area contributed by atoms with Crippen molar-refractivity contribution in [2.45, 2.75) is 44.9 Å². The molecule has 1 aromatic rings. The first-order valence-electron chi connectivity index (χ1n) is 7.09. The number of nitrogens with zero attached hydrogens (tertiary/aromatic N) is 1. The summed E-state index contributed by atoms with van der Waals surface area (Å²) in [6.45, 7) is 0. The van der Waals surface area contributed by atoms with Gasteiger partial charge in [0.05, 0.1) is 6.07 Å². The van der Waals surface area contributed by atoms with Crippen molar-refractivity contribution in [2.75, 3.05) is 5.32 Å². The van der Waals surface area contributed by atoms with Crippen LogP contribution in [0.5, 0.6) is 0 Å². The van der Waals surface area contributed by atoms with E-state index in [2.05, 4.69) is 17.5 Å². The molecule has 2 aliphatic carbocycles. The Bertz CT molecular complexity index is 552. The summed E-state index contributed by atoms with van der Waals surface area (Å²) in [6.07, 6.45) is 6.92. The zero-order valence-corrected chi connectivity index (χ0v) is 11.0. The Hall–Kier alpha value is -1.82. The minimum Gasteiger partial charge on any atom is -0.324 e. The minimum absolute atomic E-state index is 0.111. The molecule has 0 saturated heterocycles. The van der Waals surface area contributed by atoms with Gasteiger partial charge in [-0.05, 0) is 62.1 Å². The minimum atomic E-state index is -0.766. The van der Waals surface area contributed by atoms with E-state index >= 15 is 0 Å². The number of fused-ring (bicyclic) bond motifs is 1. The lowest BCUT2D eigenvalue weighted by molar-refractivity contribution is -0.126. The normalized spacial score (nSPS) is 19.7. The van der Waals surface area contributed by atoms with Crippen LogP contribution in [0.4, 0.5) is 5.69 Å². The molecule has 1 aromatic carbocycles. The molecule has 3 rings (SSSR count). The second-order valence-electron chi connectivity index (χ2n) is 5.65. The molecule has 0 spiro atoms. The lowest BCUT2D eigenvalue weighted by atomic mass is 9.69. The molecule has 1 saturated carbocycles. The third-order valence-corrected chi connectivity index (χ3v) is 4.50. The molecule has 0 unspecified atom stereocenters. The van der Waals surface area contributed by atoms with Crippen molar-refractivity contribution >= 4 is 11.6 Å². The second-order valence-corrected chi connectivity index (χ2v) is 5.65. The highest BCUT2D eigenvalue weighted by Crippen LogP contribution is 2.41. The predicted octanol–water partition coefficient (Wildman–Crippen LogP) is 3.20. The Morgan fingerprint density at radius 3 is 2.68 bits per heavy atom. The van der Waals surface area contributed by atoms with Crippen LogP contribution in [0.1, 0.15) is 43.2 Å². The van der Waals surface area contributed by atoms with Crippen LogP contribution in [0.25, 0.3) is 0 Å². The Labute approximate surface area is 113 Å². The highest BCUT2D eigenvalue weighted by Gasteiger charge is 2.44. The van der Waals surface area contributed by atoms with E-state index in [1.807, 2.05) is 12.1 Å². The van der Waals surface area contributed by atoms with E-state index in [0.717, 1.165) is 24.9 Å². The molecule has 1 N–H and O–H groups in total. The average molecular weight is 254 g/mol. The Morgan fingerprint density at radius 2 is 2.00 bits per heavy atom. The van der Waals surface area contributed by atoms with Crippen LogP contribution in [0.2, 0.25) is 0 Å². The van der Waals surface area contributed by atoms with Gasteiger partial charge in [-0.3, -0.25) is 4.79 Å². The summed E-state index contributed by atoms with van der Waals surface area (Å²) < 4.78 is 0. The first-order valence-corrected chi connectivity index (χ1v) is 7.09. The summed E-state index contributed by atoms with van der Waals surface area (Å²) in [5.41, 5.74) is 2.78. The number of hydrogen-bond donors (Lipinski definition) is 1. The third kappa shape index (κ3) is 2.02. The number of nitrogens with one attached hydrogen (secondary N) is 1. The van der Waals surface area contributed by atoms with Gasteiger partial charge in [-0.25, -0.2) is 0 Å². The molecule has 0 heterocycles. The van der Waals surface area contributed by atoms with E-state index in [-0.39, 0.29) is 5.91 Å². The van der Waals surface area contributed by atoms with Crippen molar-refractivity contribution in [3.63, 3.8) is 0 Å². The summed E-state index contributed by atoms with van der Waals surface area (Å²) in [5.74, 6) is -0.111. The number of rotatable bonds is 2. The summed E-state index contributed by atoms with van der Waals surface area (Å²) in [7, 11) is 0. The zero-order chi connectivity index (χ0) is 13.3. The lowest BCUT2D eigenvalue weighted by Crippen LogP contribution is -2.40. The van der Waals surface area contributed by atoms with Crippen LogP contribution in [-0.4, -0.2) is 5.91 Å². The number of anilines is 1. The maximum absolute atomic E-state index is 12.3. The summed E-state index contributed by atoms with van der Waals surface area (Å²) in [6, 6.07) is 8.31. The molecule has 3 heteroatoms. The van der Waals surface area contributed by atoms with E-state index in [0.29, 0.717) is 12.8 Å². The molecule has 2 aliphatic rings. The summed E-state index contributed by atoms with van der Waals surface area (Å²) >= 11 is 0. The van der Waals surface area contributed by atoms with E-state index in [1.165, 1.54) is 24.0 Å². The lowest BCUT2D eigenvalue weighted by Gasteiger charge is -2.33. The molecule has 98 valence electrons. The molecular weight excluding hydrogens is 236 g/mol. The van der Waals surface area contributed by atoms with Gasteiger partial charge >= 0.3 is 0 Å². The van der Waals surface area contributed by atoms with Crippen LogP contribution >= 0.6 is 0 Å². The number of nitriles is 1. The number of benzene rings is 1. The van der Waals surface area contributed by atoms with Gasteiger partial charge in [0.2, 0.25) is 5.91 Å². The molecule has 0 aromatic heterocycles. The van der Waals surface area contributed by atoms with Crippen LogP contribution in [-0.2, 0) is 17.6 Å². The zero-order valence-electron chi connectivity index (χ0n) is 11.0. The smallest absolute Gasteiger partial charge is 0.244 e. The SMILES string of the molecule is N#CC1(C(=O)Nc2cccc3c2CCCC3)CCC1. The van der Waals surface area contributed by atoms with Crippen molar-refractivity contribution < 1.29 is 4.79 Å². The fraction of sp³-hybridized carbons (Fsp3) is 0.500. The first kappa shape index (κ1) is 12.2. The third-order valence-electron chi connectivity index (χ3n) is 4.50. The van der Waals surface area contributed by atoms with Crippen molar-refractivity contribution in [1.82, 2.24) is 0 Å². The molecule has 0 atom stereocenters. The number of carbonyl (C=O) groups excluding carboxylic acids is 1. The summed E-state index contributed by atoms with van der Waals surface area (Å²) in [5, 5.41) is 12.2. The average Bonchev–Trinajstić information content (AvgIpc) is 2.38. The van der Waals surface area contributed by atoms with Crippen molar-refractivity contribution in [1.29, 1.82) is 5.26 Å². The van der Waals surface area contributed by atoms with Crippen molar-refractivity contribution in [3.8, 4) is 6.07 Å². The molecule has 1 amide bonds. The van der Waals surface area contributed by atoms with E-state index in [9.17, 15) is 10.1 Å². The largest absolute Gasteiger partial charge is 0.324 e. The monoisotopic (exact) mass is 254 g/mol. The fourth-order valence-electron chi connectivity index (χ4n) is 3.06. The van der Waals surface area contributed by atoms with Gasteiger partial charge in [-0.15, -0.1) is 0 Å². The Balaban J connectivity index is 1.84. The van der Waals surface area contributed by atoms with Gasteiger partial charge in [0.15, 0.2) is 0 Å². The van der Waals surface area contributed by atoms with Gasteiger partial charge in [0, 0.05) is 5.69 Å². The quantitative estimate of drug-likeness (QED) is 0.881. The molecule has 0 aliphatic heterocycles. The van der Waals surface area contributed by atoms with Gasteiger partial charge in [-0.2, -0.15) is 5.26 Å². The Morgan fingerprint density at radius 1 is 1.21 bits per heavy atom. The Kier molecular flexibility index (Phi) is 3.02. The molecule has 0 bridgehead atoms. The number of amides is 1. The van der Waals surface area contributed by atoms with Crippen LogP contribution < -0.4 is 5.32 Å². The van der Waals surface area contributed by atoms with Gasteiger partial charge in [0.25, 0.3) is 0 Å². The van der Waals surface area contributed by atoms with Gasteiger partial charge in [0.1, 0.15) is 5.41 Å². The number of aryl methyl sites for hydroxylation is 1. The van der Waals surface area contributed by atoms with Gasteiger partial charge < -0.3 is 5.32 Å². The topological polar surface area (TPSA) is 52.9 Å². The van der Waals surface area contributed by atoms with E-state index in [4.69, 9.17) is 0 Å². The first-order chi connectivity index (χ1) is 9.25. The number of hydrogen-bond acceptors (Lipinski definition) is 2. The molecule has 1 fully saturated rings. The predicted molar refractivity (Wildman–Crippen MR) is 73.6 cm³/mol. The van der Waals surface area contributed by atoms with Crippen LogP contribution in [0, 0.1) is 16.7 Å². The van der Waals surface area contributed by atoms with E-state index < -0.39 is 5.41 Å². The van der Waals surface area contributed by atoms with Crippen LogP contribution in [0.15, 0.2) is 18.2 Å². The van der Waals surface area contributed by atoms with Crippen LogP contribution in [0.3, 0.4) is 0 Å². The summed E-state index contributed by atoms with van der Waals surface area (Å²) in [4.78, 5) is 12.3. The highest BCUT2D eigenvalue weighted by atomic mass is 16.2. The maximum Gasteiger partial charge on any atom is 0.244 e. The number of carbonyl (C=O) groups is 1. The van der Waals surface area contributed by atoms with Crippen molar-refractivity contribution in [2.24, 2.45) is 5.41 Å². The second kappa shape index (κ2) is 4.70. The standard InChI is InChI=1S/C16H18N2O/c17-11-16(9-4-10-16)15(19)18-14-8-3-6-12-5-1-2-7-13(12)14/h3,6,8H,1-2,4-5,7,9-10H2,(H,18,19). The maximum atomic E-state index is 12.3. The fourth-order valence-corrected chi connectivity index (χ4v) is 3.06. The highest BCUT2D eigenvalue weighted by molar-refractivity contribution is 5.98. The van der Waals surface area contributed by atoms with Crippen molar-refractivity contribution in [3.05, 3.63) is 29.3 Å². The molecule has 19 heavy (non-hydrogen) atoms.